The number of ether oxygens (including phenoxy) is 1. The summed E-state index contributed by atoms with van der Waals surface area (Å²) in [5.74, 6) is -1.48. The van der Waals surface area contributed by atoms with Gasteiger partial charge in [0.2, 0.25) is 0 Å². The summed E-state index contributed by atoms with van der Waals surface area (Å²) >= 11 is 6.10. The van der Waals surface area contributed by atoms with Gasteiger partial charge in [0, 0.05) is 24.3 Å². The fraction of sp³-hybridized carbons (Fsp3) is 0.360. The number of aliphatic hydroxyl groups excluding tert-OH is 1. The summed E-state index contributed by atoms with van der Waals surface area (Å²) in [4.78, 5) is 24.8. The minimum absolute atomic E-state index is 0.0364. The third-order valence-corrected chi connectivity index (χ3v) is 5.89. The molecule has 186 valence electrons. The molecule has 0 radical (unpaired) electrons. The highest BCUT2D eigenvalue weighted by Crippen LogP contribution is 2.28. The number of aliphatic hydroxyl groups is 1. The lowest BCUT2D eigenvalue weighted by molar-refractivity contribution is -0.152. The Morgan fingerprint density at radius 3 is 2.60 bits per heavy atom. The van der Waals surface area contributed by atoms with Crippen LogP contribution in [0.4, 0.5) is 0 Å². The Bertz CT molecular complexity index is 1110. The first-order valence-corrected chi connectivity index (χ1v) is 11.6. The molecule has 0 aliphatic heterocycles. The van der Waals surface area contributed by atoms with Crippen LogP contribution in [0.25, 0.3) is 11.1 Å². The number of carboxylic acid groups (broad SMARTS) is 1. The van der Waals surface area contributed by atoms with Crippen molar-refractivity contribution in [2.45, 2.75) is 32.2 Å². The van der Waals surface area contributed by atoms with E-state index in [0.29, 0.717) is 17.9 Å². The number of aliphatic carboxylic acids is 1. The maximum atomic E-state index is 12.7. The Balaban J connectivity index is 1.78. The number of amides is 1. The molecule has 9 nitrogen and oxygen atoms in total. The number of carbonyl (C=O) groups excluding carboxylic acids is 1. The molecule has 0 aliphatic rings. The summed E-state index contributed by atoms with van der Waals surface area (Å²) in [5, 5.41) is 32.2. The van der Waals surface area contributed by atoms with E-state index in [9.17, 15) is 14.7 Å². The third kappa shape index (κ3) is 7.61. The SMILES string of the molecule is CC(COCCCO)(C[C@@H](Cc1ccc(-c2cccc(Cl)c2)cc1)NC(=O)c1c[nH]nn1)C(=O)O. The highest BCUT2D eigenvalue weighted by molar-refractivity contribution is 6.30. The summed E-state index contributed by atoms with van der Waals surface area (Å²) < 4.78 is 5.51. The highest BCUT2D eigenvalue weighted by atomic mass is 35.5. The Hall–Kier alpha value is -3.27. The average Bonchev–Trinajstić information content (AvgIpc) is 3.37. The van der Waals surface area contributed by atoms with Crippen LogP contribution < -0.4 is 5.32 Å². The molecule has 3 aromatic rings. The van der Waals surface area contributed by atoms with Gasteiger partial charge < -0.3 is 20.3 Å². The topological polar surface area (TPSA) is 137 Å². The van der Waals surface area contributed by atoms with Gasteiger partial charge in [-0.05, 0) is 55.0 Å². The van der Waals surface area contributed by atoms with Gasteiger partial charge >= 0.3 is 5.97 Å². The van der Waals surface area contributed by atoms with Crippen LogP contribution in [0, 0.1) is 5.41 Å². The van der Waals surface area contributed by atoms with Gasteiger partial charge in [-0.15, -0.1) is 5.10 Å². The number of benzene rings is 2. The Morgan fingerprint density at radius 2 is 1.97 bits per heavy atom. The van der Waals surface area contributed by atoms with Gasteiger partial charge in [-0.25, -0.2) is 0 Å². The lowest BCUT2D eigenvalue weighted by atomic mass is 9.82. The number of nitrogens with zero attached hydrogens (tertiary/aromatic N) is 2. The fourth-order valence-electron chi connectivity index (χ4n) is 3.75. The van der Waals surface area contributed by atoms with Gasteiger partial charge in [-0.1, -0.05) is 53.2 Å². The molecule has 1 aromatic heterocycles. The molecule has 0 fully saturated rings. The summed E-state index contributed by atoms with van der Waals surface area (Å²) in [7, 11) is 0. The number of H-pyrrole nitrogens is 1. The quantitative estimate of drug-likeness (QED) is 0.264. The van der Waals surface area contributed by atoms with Gasteiger partial charge in [0.25, 0.3) is 5.91 Å². The van der Waals surface area contributed by atoms with Crippen molar-refractivity contribution in [1.82, 2.24) is 20.7 Å². The lowest BCUT2D eigenvalue weighted by Gasteiger charge is -2.30. The fourth-order valence-corrected chi connectivity index (χ4v) is 3.94. The Kier molecular flexibility index (Phi) is 9.36. The van der Waals surface area contributed by atoms with E-state index in [1.165, 1.54) is 6.20 Å². The van der Waals surface area contributed by atoms with Crippen LogP contribution in [0.15, 0.2) is 54.7 Å². The molecule has 2 aromatic carbocycles. The molecule has 0 saturated heterocycles. The van der Waals surface area contributed by atoms with Crippen LogP contribution in [0.2, 0.25) is 5.02 Å². The van der Waals surface area contributed by atoms with Crippen LogP contribution in [0.5, 0.6) is 0 Å². The molecule has 0 spiro atoms. The maximum Gasteiger partial charge on any atom is 0.311 e. The van der Waals surface area contributed by atoms with Crippen molar-refractivity contribution < 1.29 is 24.5 Å². The second-order valence-electron chi connectivity index (χ2n) is 8.64. The third-order valence-electron chi connectivity index (χ3n) is 5.66. The molecule has 10 heteroatoms. The summed E-state index contributed by atoms with van der Waals surface area (Å²) in [6, 6.07) is 14.9. The maximum absolute atomic E-state index is 12.7. The molecule has 1 heterocycles. The highest BCUT2D eigenvalue weighted by Gasteiger charge is 2.37. The van der Waals surface area contributed by atoms with E-state index in [4.69, 9.17) is 21.4 Å². The zero-order valence-corrected chi connectivity index (χ0v) is 20.2. The number of carbonyl (C=O) groups is 2. The zero-order valence-electron chi connectivity index (χ0n) is 19.4. The number of rotatable bonds is 13. The van der Waals surface area contributed by atoms with Crippen LogP contribution in [-0.4, -0.2) is 63.4 Å². The zero-order chi connectivity index (χ0) is 25.3. The lowest BCUT2D eigenvalue weighted by Crippen LogP contribution is -2.44. The molecule has 0 bridgehead atoms. The Morgan fingerprint density at radius 1 is 1.20 bits per heavy atom. The molecular formula is C25H29ClN4O5. The number of hydrogen-bond acceptors (Lipinski definition) is 6. The van der Waals surface area contributed by atoms with Gasteiger partial charge in [0.1, 0.15) is 0 Å². The predicted molar refractivity (Wildman–Crippen MR) is 131 cm³/mol. The molecule has 0 aliphatic carbocycles. The normalized spacial score (nSPS) is 13.7. The summed E-state index contributed by atoms with van der Waals surface area (Å²) in [6.07, 6.45) is 2.32. The van der Waals surface area contributed by atoms with Crippen molar-refractivity contribution in [2.24, 2.45) is 5.41 Å². The molecule has 1 unspecified atom stereocenters. The number of carboxylic acids is 1. The second kappa shape index (κ2) is 12.4. The average molecular weight is 501 g/mol. The molecule has 35 heavy (non-hydrogen) atoms. The van der Waals surface area contributed by atoms with E-state index < -0.39 is 23.3 Å². The number of aromatic nitrogens is 3. The van der Waals surface area contributed by atoms with Crippen molar-refractivity contribution >= 4 is 23.5 Å². The van der Waals surface area contributed by atoms with E-state index in [-0.39, 0.29) is 31.9 Å². The van der Waals surface area contributed by atoms with Gasteiger partial charge in [-0.3, -0.25) is 14.7 Å². The summed E-state index contributed by atoms with van der Waals surface area (Å²) in [5.41, 5.74) is 1.76. The van der Waals surface area contributed by atoms with E-state index in [0.717, 1.165) is 16.7 Å². The van der Waals surface area contributed by atoms with Crippen molar-refractivity contribution in [1.29, 1.82) is 0 Å². The van der Waals surface area contributed by atoms with Crippen LogP contribution in [0.1, 0.15) is 35.8 Å². The molecule has 3 rings (SSSR count). The number of hydrogen-bond donors (Lipinski definition) is 4. The minimum Gasteiger partial charge on any atom is -0.481 e. The van der Waals surface area contributed by atoms with Crippen LogP contribution in [-0.2, 0) is 16.0 Å². The first kappa shape index (κ1) is 26.3. The predicted octanol–water partition coefficient (Wildman–Crippen LogP) is 3.35. The van der Waals surface area contributed by atoms with E-state index >= 15 is 0 Å². The van der Waals surface area contributed by atoms with Gasteiger partial charge in [-0.2, -0.15) is 0 Å². The van der Waals surface area contributed by atoms with Crippen molar-refractivity contribution in [2.75, 3.05) is 19.8 Å². The van der Waals surface area contributed by atoms with E-state index in [1.54, 1.807) is 6.92 Å². The monoisotopic (exact) mass is 500 g/mol. The number of nitrogens with one attached hydrogen (secondary N) is 2. The molecular weight excluding hydrogens is 472 g/mol. The number of aromatic amines is 1. The van der Waals surface area contributed by atoms with E-state index in [2.05, 4.69) is 20.7 Å². The first-order chi connectivity index (χ1) is 16.8. The van der Waals surface area contributed by atoms with Gasteiger partial charge in [0.05, 0.1) is 18.2 Å². The van der Waals surface area contributed by atoms with Crippen molar-refractivity contribution in [3.05, 3.63) is 71.0 Å². The second-order valence-corrected chi connectivity index (χ2v) is 9.08. The standard InChI is InChI=1S/C25H29ClN4O5/c1-25(24(33)34,16-35-11-3-10-31)14-21(28-23(32)22-15-27-30-29-22)12-17-6-8-18(9-7-17)19-4-2-5-20(26)13-19/h2,4-9,13,15,21,31H,3,10-12,14,16H2,1H3,(H,28,32)(H,33,34)(H,27,29,30)/t21-,25?/m1/s1. The molecule has 0 saturated carbocycles. The van der Waals surface area contributed by atoms with Crippen molar-refractivity contribution in [3.8, 4) is 11.1 Å². The first-order valence-electron chi connectivity index (χ1n) is 11.2. The molecule has 2 atom stereocenters. The number of halogens is 1. The molecule has 4 N–H and O–H groups in total. The summed E-state index contributed by atoms with van der Waals surface area (Å²) in [6.45, 7) is 1.75. The minimum atomic E-state index is -1.25. The van der Waals surface area contributed by atoms with E-state index in [1.807, 2.05) is 48.5 Å². The van der Waals surface area contributed by atoms with Crippen molar-refractivity contribution in [3.63, 3.8) is 0 Å². The van der Waals surface area contributed by atoms with Crippen LogP contribution >= 0.6 is 11.6 Å². The molecule has 1 amide bonds. The largest absolute Gasteiger partial charge is 0.481 e. The Labute approximate surface area is 208 Å². The van der Waals surface area contributed by atoms with Gasteiger partial charge in [0.15, 0.2) is 5.69 Å². The van der Waals surface area contributed by atoms with Crippen LogP contribution in [0.3, 0.4) is 0 Å². The smallest absolute Gasteiger partial charge is 0.311 e.